The maximum atomic E-state index is 12.9. The van der Waals surface area contributed by atoms with E-state index in [-0.39, 0.29) is 11.9 Å². The number of nitrogens with zero attached hydrogens (tertiary/aromatic N) is 3. The van der Waals surface area contributed by atoms with Crippen LogP contribution in [0.5, 0.6) is 5.75 Å². The number of ether oxygens (including phenoxy) is 1. The molecule has 144 valence electrons. The number of anilines is 1. The van der Waals surface area contributed by atoms with Gasteiger partial charge in [-0.05, 0) is 44.7 Å². The van der Waals surface area contributed by atoms with Gasteiger partial charge < -0.3 is 9.64 Å². The normalized spacial score (nSPS) is 19.3. The van der Waals surface area contributed by atoms with Gasteiger partial charge in [0.05, 0.1) is 17.9 Å². The van der Waals surface area contributed by atoms with Crippen LogP contribution in [0.25, 0.3) is 11.1 Å². The monoisotopic (exact) mass is 375 g/mol. The highest BCUT2D eigenvalue weighted by molar-refractivity contribution is 5.95. The van der Waals surface area contributed by atoms with Crippen LogP contribution in [0.2, 0.25) is 0 Å². The van der Waals surface area contributed by atoms with Crippen LogP contribution in [-0.2, 0) is 11.2 Å². The third-order valence-electron chi connectivity index (χ3n) is 5.27. The molecule has 1 atom stereocenters. The number of amides is 1. The van der Waals surface area contributed by atoms with Crippen molar-refractivity contribution >= 4 is 11.6 Å². The summed E-state index contributed by atoms with van der Waals surface area (Å²) in [4.78, 5) is 13.9. The fourth-order valence-electron chi connectivity index (χ4n) is 3.84. The molecular weight excluding hydrogens is 352 g/mol. The first-order chi connectivity index (χ1) is 13.0. The lowest BCUT2D eigenvalue weighted by molar-refractivity contribution is -0.117. The number of fused-ring (bicyclic) bond motifs is 1. The summed E-state index contributed by atoms with van der Waals surface area (Å²) in [7, 11) is 0. The number of alkyl halides is 2. The molecule has 0 bridgehead atoms. The molecule has 1 amide bonds. The molecule has 1 fully saturated rings. The Morgan fingerprint density at radius 1 is 1.33 bits per heavy atom. The third kappa shape index (κ3) is 3.42. The van der Waals surface area contributed by atoms with E-state index in [4.69, 9.17) is 4.74 Å². The smallest absolute Gasteiger partial charge is 0.272 e. The fraction of sp³-hybridized carbons (Fsp3) is 0.500. The summed E-state index contributed by atoms with van der Waals surface area (Å²) >= 11 is 0. The van der Waals surface area contributed by atoms with Gasteiger partial charge in [-0.2, -0.15) is 5.10 Å². The second-order valence-corrected chi connectivity index (χ2v) is 7.36. The van der Waals surface area contributed by atoms with Gasteiger partial charge in [-0.1, -0.05) is 0 Å². The van der Waals surface area contributed by atoms with Crippen molar-refractivity contribution in [3.63, 3.8) is 0 Å². The van der Waals surface area contributed by atoms with Crippen LogP contribution in [0.1, 0.15) is 44.7 Å². The molecule has 0 spiro atoms. The first kappa shape index (κ1) is 17.9. The predicted octanol–water partition coefficient (Wildman–Crippen LogP) is 4.22. The molecule has 1 aliphatic carbocycles. The SMILES string of the molecule is CC(=O)N1c2ccc(-c3cnn(C4CC4)c3)c(OCC(F)F)c2CCC1C. The van der Waals surface area contributed by atoms with E-state index in [9.17, 15) is 13.6 Å². The second kappa shape index (κ2) is 6.94. The van der Waals surface area contributed by atoms with Crippen LogP contribution in [0.3, 0.4) is 0 Å². The van der Waals surface area contributed by atoms with Gasteiger partial charge in [-0.15, -0.1) is 0 Å². The van der Waals surface area contributed by atoms with Gasteiger partial charge in [0.1, 0.15) is 12.4 Å². The minimum Gasteiger partial charge on any atom is -0.487 e. The maximum absolute atomic E-state index is 12.9. The number of carbonyl (C=O) groups is 1. The van der Waals surface area contributed by atoms with Crippen molar-refractivity contribution in [2.45, 2.75) is 58.0 Å². The summed E-state index contributed by atoms with van der Waals surface area (Å²) in [5.74, 6) is 0.388. The lowest BCUT2D eigenvalue weighted by Crippen LogP contribution is -2.40. The number of benzene rings is 1. The molecule has 5 nitrogen and oxygen atoms in total. The Morgan fingerprint density at radius 2 is 2.11 bits per heavy atom. The van der Waals surface area contributed by atoms with Crippen molar-refractivity contribution in [2.24, 2.45) is 0 Å². The van der Waals surface area contributed by atoms with Gasteiger partial charge >= 0.3 is 0 Å². The lowest BCUT2D eigenvalue weighted by Gasteiger charge is -2.36. The lowest BCUT2D eigenvalue weighted by atomic mass is 9.92. The molecule has 2 aliphatic rings. The van der Waals surface area contributed by atoms with Crippen LogP contribution in [0, 0.1) is 0 Å². The molecule has 4 rings (SSSR count). The highest BCUT2D eigenvalue weighted by Crippen LogP contribution is 2.44. The van der Waals surface area contributed by atoms with Gasteiger partial charge in [-0.3, -0.25) is 9.48 Å². The second-order valence-electron chi connectivity index (χ2n) is 7.36. The maximum Gasteiger partial charge on any atom is 0.272 e. The Balaban J connectivity index is 1.79. The summed E-state index contributed by atoms with van der Waals surface area (Å²) in [6, 6.07) is 4.25. The van der Waals surface area contributed by atoms with E-state index in [1.165, 1.54) is 6.92 Å². The Morgan fingerprint density at radius 3 is 2.78 bits per heavy atom. The van der Waals surface area contributed by atoms with Crippen molar-refractivity contribution in [1.82, 2.24) is 9.78 Å². The molecular formula is C20H23F2N3O2. The van der Waals surface area contributed by atoms with Crippen molar-refractivity contribution in [3.05, 3.63) is 30.1 Å². The van der Waals surface area contributed by atoms with Gasteiger partial charge in [0.2, 0.25) is 5.91 Å². The number of hydrogen-bond acceptors (Lipinski definition) is 3. The number of carbonyl (C=O) groups excluding carboxylic acids is 1. The van der Waals surface area contributed by atoms with Crippen molar-refractivity contribution in [2.75, 3.05) is 11.5 Å². The average Bonchev–Trinajstić information content (AvgIpc) is 3.36. The third-order valence-corrected chi connectivity index (χ3v) is 5.27. The first-order valence-electron chi connectivity index (χ1n) is 9.37. The fourth-order valence-corrected chi connectivity index (χ4v) is 3.84. The molecule has 27 heavy (non-hydrogen) atoms. The molecule has 2 heterocycles. The zero-order chi connectivity index (χ0) is 19.1. The Labute approximate surface area is 156 Å². The zero-order valence-electron chi connectivity index (χ0n) is 15.5. The molecule has 1 aromatic heterocycles. The van der Waals surface area contributed by atoms with Gasteiger partial charge in [0.25, 0.3) is 6.43 Å². The summed E-state index contributed by atoms with van der Waals surface area (Å²) in [5, 5.41) is 4.41. The van der Waals surface area contributed by atoms with Crippen molar-refractivity contribution in [3.8, 4) is 16.9 Å². The van der Waals surface area contributed by atoms with Crippen molar-refractivity contribution in [1.29, 1.82) is 0 Å². The van der Waals surface area contributed by atoms with Crippen LogP contribution in [-0.4, -0.2) is 34.8 Å². The summed E-state index contributed by atoms with van der Waals surface area (Å²) in [6.45, 7) is 2.85. The highest BCUT2D eigenvalue weighted by atomic mass is 19.3. The molecule has 0 saturated heterocycles. The number of hydrogen-bond donors (Lipinski definition) is 0. The van der Waals surface area contributed by atoms with E-state index in [2.05, 4.69) is 5.10 Å². The molecule has 1 aliphatic heterocycles. The Bertz CT molecular complexity index is 861. The van der Waals surface area contributed by atoms with Crippen LogP contribution < -0.4 is 9.64 Å². The summed E-state index contributed by atoms with van der Waals surface area (Å²) in [6.07, 6.45) is 4.82. The van der Waals surface area contributed by atoms with E-state index in [0.29, 0.717) is 18.2 Å². The quantitative estimate of drug-likeness (QED) is 0.786. The Kier molecular flexibility index (Phi) is 4.61. The van der Waals surface area contributed by atoms with Crippen molar-refractivity contribution < 1.29 is 18.3 Å². The molecule has 0 N–H and O–H groups in total. The molecule has 1 aromatic carbocycles. The number of aromatic nitrogens is 2. The predicted molar refractivity (Wildman–Crippen MR) is 98.4 cm³/mol. The van der Waals surface area contributed by atoms with E-state index < -0.39 is 13.0 Å². The summed E-state index contributed by atoms with van der Waals surface area (Å²) < 4.78 is 33.2. The minimum atomic E-state index is -2.56. The zero-order valence-corrected chi connectivity index (χ0v) is 15.5. The minimum absolute atomic E-state index is 0.0578. The summed E-state index contributed by atoms with van der Waals surface area (Å²) in [5.41, 5.74) is 3.17. The highest BCUT2D eigenvalue weighted by Gasteiger charge is 2.31. The standard InChI is InChI=1S/C20H23F2N3O2/c1-12-3-6-17-18(25(12)13(2)26)8-7-16(20(17)27-11-19(21)22)14-9-23-24(10-14)15-4-5-15/h7-10,12,15,19H,3-6,11H2,1-2H3. The van der Waals surface area contributed by atoms with E-state index >= 15 is 0 Å². The molecule has 1 unspecified atom stereocenters. The first-order valence-corrected chi connectivity index (χ1v) is 9.37. The molecule has 1 saturated carbocycles. The number of halogens is 2. The Hall–Kier alpha value is -2.44. The van der Waals surface area contributed by atoms with Gasteiger partial charge in [-0.25, -0.2) is 8.78 Å². The van der Waals surface area contributed by atoms with E-state index in [1.807, 2.05) is 29.9 Å². The van der Waals surface area contributed by atoms with Gasteiger partial charge in [0, 0.05) is 35.9 Å². The van der Waals surface area contributed by atoms with Gasteiger partial charge in [0.15, 0.2) is 0 Å². The largest absolute Gasteiger partial charge is 0.487 e. The number of rotatable bonds is 5. The van der Waals surface area contributed by atoms with E-state index in [0.717, 1.165) is 41.6 Å². The van der Waals surface area contributed by atoms with Crippen LogP contribution >= 0.6 is 0 Å². The van der Waals surface area contributed by atoms with E-state index in [1.54, 1.807) is 11.1 Å². The molecule has 2 aromatic rings. The molecule has 7 heteroatoms. The van der Waals surface area contributed by atoms with Crippen LogP contribution in [0.4, 0.5) is 14.5 Å². The average molecular weight is 375 g/mol. The molecule has 0 radical (unpaired) electrons. The van der Waals surface area contributed by atoms with Crippen LogP contribution in [0.15, 0.2) is 24.5 Å². The topological polar surface area (TPSA) is 47.4 Å².